The number of halogens is 1. The van der Waals surface area contributed by atoms with Gasteiger partial charge in [0.2, 0.25) is 0 Å². The van der Waals surface area contributed by atoms with Crippen LogP contribution >= 0.6 is 15.9 Å². The summed E-state index contributed by atoms with van der Waals surface area (Å²) >= 11 is 3.30. The molecule has 1 aromatic rings. The molecule has 1 saturated heterocycles. The molecule has 0 radical (unpaired) electrons. The Bertz CT molecular complexity index is 412. The monoisotopic (exact) mass is 266 g/mol. The first-order valence-electron chi connectivity index (χ1n) is 4.77. The Labute approximate surface area is 96.8 Å². The SMILES string of the molecule is N#Cc1cc(Br)cnc1N1CC[C@H](N)C1. The molecule has 0 amide bonds. The molecule has 78 valence electrons. The van der Waals surface area contributed by atoms with E-state index >= 15 is 0 Å². The van der Waals surface area contributed by atoms with E-state index in [-0.39, 0.29) is 6.04 Å². The minimum Gasteiger partial charge on any atom is -0.354 e. The van der Waals surface area contributed by atoms with Crippen molar-refractivity contribution in [3.05, 3.63) is 22.3 Å². The molecule has 0 aliphatic carbocycles. The first-order chi connectivity index (χ1) is 7.20. The highest BCUT2D eigenvalue weighted by Gasteiger charge is 2.22. The summed E-state index contributed by atoms with van der Waals surface area (Å²) in [5.41, 5.74) is 6.42. The van der Waals surface area contributed by atoms with E-state index in [9.17, 15) is 0 Å². The summed E-state index contributed by atoms with van der Waals surface area (Å²) in [5.74, 6) is 0.744. The van der Waals surface area contributed by atoms with Gasteiger partial charge in [-0.2, -0.15) is 5.26 Å². The van der Waals surface area contributed by atoms with Gasteiger partial charge >= 0.3 is 0 Å². The highest BCUT2D eigenvalue weighted by Crippen LogP contribution is 2.23. The fourth-order valence-corrected chi connectivity index (χ4v) is 2.08. The van der Waals surface area contributed by atoms with Gasteiger partial charge < -0.3 is 10.6 Å². The molecule has 1 atom stereocenters. The summed E-state index contributed by atoms with van der Waals surface area (Å²) in [4.78, 5) is 6.33. The largest absolute Gasteiger partial charge is 0.354 e. The van der Waals surface area contributed by atoms with Crippen LogP contribution in [0.3, 0.4) is 0 Å². The Morgan fingerprint density at radius 2 is 2.47 bits per heavy atom. The average Bonchev–Trinajstić information content (AvgIpc) is 2.64. The third kappa shape index (κ3) is 2.11. The third-order valence-electron chi connectivity index (χ3n) is 2.48. The molecular formula is C10H11BrN4. The van der Waals surface area contributed by atoms with Crippen LogP contribution in [0.2, 0.25) is 0 Å². The molecule has 1 aliphatic rings. The smallest absolute Gasteiger partial charge is 0.146 e. The van der Waals surface area contributed by atoms with Crippen LogP contribution < -0.4 is 10.6 Å². The number of pyridine rings is 1. The van der Waals surface area contributed by atoms with E-state index < -0.39 is 0 Å². The van der Waals surface area contributed by atoms with Crippen LogP contribution in [0, 0.1) is 11.3 Å². The molecule has 2 rings (SSSR count). The number of hydrogen-bond donors (Lipinski definition) is 1. The van der Waals surface area contributed by atoms with Gasteiger partial charge in [-0.1, -0.05) is 0 Å². The molecule has 15 heavy (non-hydrogen) atoms. The van der Waals surface area contributed by atoms with Crippen molar-refractivity contribution < 1.29 is 0 Å². The van der Waals surface area contributed by atoms with Crippen LogP contribution in [0.25, 0.3) is 0 Å². The molecule has 0 unspecified atom stereocenters. The highest BCUT2D eigenvalue weighted by atomic mass is 79.9. The molecule has 0 saturated carbocycles. The van der Waals surface area contributed by atoms with Gasteiger partial charge in [-0.25, -0.2) is 4.98 Å². The Kier molecular flexibility index (Phi) is 2.89. The quantitative estimate of drug-likeness (QED) is 0.831. The molecule has 2 heterocycles. The van der Waals surface area contributed by atoms with E-state index in [4.69, 9.17) is 11.0 Å². The van der Waals surface area contributed by atoms with E-state index in [1.54, 1.807) is 12.3 Å². The maximum Gasteiger partial charge on any atom is 0.146 e. The highest BCUT2D eigenvalue weighted by molar-refractivity contribution is 9.10. The lowest BCUT2D eigenvalue weighted by Crippen LogP contribution is -2.27. The maximum absolute atomic E-state index is 9.00. The molecule has 1 aromatic heterocycles. The fourth-order valence-electron chi connectivity index (χ4n) is 1.75. The van der Waals surface area contributed by atoms with Crippen LogP contribution in [0.1, 0.15) is 12.0 Å². The van der Waals surface area contributed by atoms with Crippen LogP contribution in [0.5, 0.6) is 0 Å². The van der Waals surface area contributed by atoms with Crippen molar-refractivity contribution in [1.82, 2.24) is 4.98 Å². The van der Waals surface area contributed by atoms with Crippen molar-refractivity contribution in [3.8, 4) is 6.07 Å². The minimum atomic E-state index is 0.196. The van der Waals surface area contributed by atoms with Gasteiger partial charge in [0.25, 0.3) is 0 Å². The number of anilines is 1. The van der Waals surface area contributed by atoms with Crippen LogP contribution in [-0.4, -0.2) is 24.1 Å². The Hall–Kier alpha value is -1.12. The summed E-state index contributed by atoms with van der Waals surface area (Å²) in [6.45, 7) is 1.66. The number of nitriles is 1. The van der Waals surface area contributed by atoms with E-state index in [0.29, 0.717) is 5.56 Å². The van der Waals surface area contributed by atoms with Crippen molar-refractivity contribution in [1.29, 1.82) is 5.26 Å². The first-order valence-corrected chi connectivity index (χ1v) is 5.56. The Morgan fingerprint density at radius 3 is 3.07 bits per heavy atom. The topological polar surface area (TPSA) is 65.9 Å². The molecule has 2 N–H and O–H groups in total. The predicted octanol–water partition coefficient (Wildman–Crippen LogP) is 1.25. The van der Waals surface area contributed by atoms with Gasteiger partial charge in [0.15, 0.2) is 0 Å². The number of nitrogens with two attached hydrogens (primary N) is 1. The lowest BCUT2D eigenvalue weighted by atomic mass is 10.2. The van der Waals surface area contributed by atoms with Gasteiger partial charge in [0.1, 0.15) is 11.9 Å². The predicted molar refractivity (Wildman–Crippen MR) is 61.5 cm³/mol. The standard InChI is InChI=1S/C10H11BrN4/c11-8-3-7(4-12)10(14-5-8)15-2-1-9(13)6-15/h3,5,9H,1-2,6,13H2/t9-/m0/s1. The maximum atomic E-state index is 9.00. The summed E-state index contributed by atoms with van der Waals surface area (Å²) < 4.78 is 0.825. The second-order valence-corrected chi connectivity index (χ2v) is 4.55. The lowest BCUT2D eigenvalue weighted by Gasteiger charge is -2.17. The lowest BCUT2D eigenvalue weighted by molar-refractivity contribution is 0.751. The summed E-state index contributed by atoms with van der Waals surface area (Å²) in [5, 5.41) is 9.00. The zero-order valence-corrected chi connectivity index (χ0v) is 9.74. The normalized spacial score (nSPS) is 20.3. The van der Waals surface area contributed by atoms with Crippen LogP contribution in [-0.2, 0) is 0 Å². The molecule has 1 aliphatic heterocycles. The number of nitrogens with zero attached hydrogens (tertiary/aromatic N) is 3. The minimum absolute atomic E-state index is 0.196. The first kappa shape index (κ1) is 10.4. The number of aromatic nitrogens is 1. The van der Waals surface area contributed by atoms with Gasteiger partial charge in [-0.15, -0.1) is 0 Å². The van der Waals surface area contributed by atoms with Crippen molar-refractivity contribution in [2.75, 3.05) is 18.0 Å². The van der Waals surface area contributed by atoms with E-state index in [2.05, 4.69) is 31.9 Å². The van der Waals surface area contributed by atoms with Crippen molar-refractivity contribution >= 4 is 21.7 Å². The van der Waals surface area contributed by atoms with E-state index in [1.807, 2.05) is 0 Å². The molecule has 4 nitrogen and oxygen atoms in total. The van der Waals surface area contributed by atoms with Gasteiger partial charge in [-0.05, 0) is 28.4 Å². The van der Waals surface area contributed by atoms with Crippen molar-refractivity contribution in [2.24, 2.45) is 5.73 Å². The fraction of sp³-hybridized carbons (Fsp3) is 0.400. The molecule has 0 aromatic carbocycles. The van der Waals surface area contributed by atoms with Crippen molar-refractivity contribution in [2.45, 2.75) is 12.5 Å². The van der Waals surface area contributed by atoms with E-state index in [1.165, 1.54) is 0 Å². The molecule has 0 bridgehead atoms. The summed E-state index contributed by atoms with van der Waals surface area (Å²) in [7, 11) is 0. The second-order valence-electron chi connectivity index (χ2n) is 3.63. The third-order valence-corrected chi connectivity index (χ3v) is 2.91. The average molecular weight is 267 g/mol. The Balaban J connectivity index is 2.32. The zero-order chi connectivity index (χ0) is 10.8. The van der Waals surface area contributed by atoms with Gasteiger partial charge in [0, 0.05) is 29.8 Å². The summed E-state index contributed by atoms with van der Waals surface area (Å²) in [6.07, 6.45) is 2.67. The van der Waals surface area contributed by atoms with Gasteiger partial charge in [0.05, 0.1) is 5.56 Å². The number of rotatable bonds is 1. The molecule has 1 fully saturated rings. The molecule has 0 spiro atoms. The van der Waals surface area contributed by atoms with Crippen LogP contribution in [0.4, 0.5) is 5.82 Å². The van der Waals surface area contributed by atoms with E-state index in [0.717, 1.165) is 29.8 Å². The molecule has 5 heteroatoms. The molecular weight excluding hydrogens is 256 g/mol. The summed E-state index contributed by atoms with van der Waals surface area (Å²) in [6, 6.07) is 4.13. The van der Waals surface area contributed by atoms with Gasteiger partial charge in [-0.3, -0.25) is 0 Å². The Morgan fingerprint density at radius 1 is 1.67 bits per heavy atom. The second kappa shape index (κ2) is 4.17. The van der Waals surface area contributed by atoms with Crippen molar-refractivity contribution in [3.63, 3.8) is 0 Å². The number of hydrogen-bond acceptors (Lipinski definition) is 4. The van der Waals surface area contributed by atoms with Crippen LogP contribution in [0.15, 0.2) is 16.7 Å². The zero-order valence-electron chi connectivity index (χ0n) is 8.15.